The zero-order valence-electron chi connectivity index (χ0n) is 6.15. The molecule has 0 saturated heterocycles. The number of primary amides is 1. The molecule has 0 bridgehead atoms. The first-order chi connectivity index (χ1) is 5.59. The number of hydrogen-bond acceptors (Lipinski definition) is 4. The van der Waals surface area contributed by atoms with E-state index in [0.717, 1.165) is 0 Å². The fourth-order valence-corrected chi connectivity index (χ4v) is 0.729. The van der Waals surface area contributed by atoms with Crippen LogP contribution in [0, 0.1) is 0 Å². The van der Waals surface area contributed by atoms with Crippen molar-refractivity contribution in [3.8, 4) is 11.5 Å². The van der Waals surface area contributed by atoms with Crippen LogP contribution in [0.15, 0.2) is 18.2 Å². The number of carbonyl (C=O) groups excluding carboxylic acids is 1. The Morgan fingerprint density at radius 2 is 2.17 bits per heavy atom. The Morgan fingerprint density at radius 3 is 2.67 bits per heavy atom. The average Bonchev–Trinajstić information content (AvgIpc) is 1.94. The minimum absolute atomic E-state index is 0.00306. The van der Waals surface area contributed by atoms with E-state index >= 15 is 0 Å². The maximum Gasteiger partial charge on any atom is 0.410 e. The highest BCUT2D eigenvalue weighted by molar-refractivity contribution is 5.69. The number of aromatic hydroxyl groups is 1. The van der Waals surface area contributed by atoms with Gasteiger partial charge in [-0.3, -0.25) is 0 Å². The van der Waals surface area contributed by atoms with E-state index in [1.807, 2.05) is 0 Å². The molecule has 0 aliphatic heterocycles. The van der Waals surface area contributed by atoms with Gasteiger partial charge in [0, 0.05) is 11.8 Å². The van der Waals surface area contributed by atoms with Crippen LogP contribution in [0.2, 0.25) is 0 Å². The topological polar surface area (TPSA) is 98.6 Å². The highest BCUT2D eigenvalue weighted by atomic mass is 16.6. The Morgan fingerprint density at radius 1 is 1.50 bits per heavy atom. The molecule has 1 amide bonds. The van der Waals surface area contributed by atoms with E-state index in [9.17, 15) is 4.79 Å². The van der Waals surface area contributed by atoms with Crippen LogP contribution in [0.1, 0.15) is 0 Å². The number of nitrogen functional groups attached to an aromatic ring is 1. The molecule has 5 heteroatoms. The molecule has 0 aromatic heterocycles. The van der Waals surface area contributed by atoms with Crippen molar-refractivity contribution in [2.24, 2.45) is 5.73 Å². The van der Waals surface area contributed by atoms with Gasteiger partial charge in [-0.15, -0.1) is 0 Å². The summed E-state index contributed by atoms with van der Waals surface area (Å²) < 4.78 is 4.43. The molecular formula is C7H8N2O3. The van der Waals surface area contributed by atoms with Crippen LogP contribution in [0.3, 0.4) is 0 Å². The number of amides is 1. The number of nitrogens with two attached hydrogens (primary N) is 2. The maximum absolute atomic E-state index is 10.3. The summed E-state index contributed by atoms with van der Waals surface area (Å²) in [5.41, 5.74) is 10.4. The second-order valence-corrected chi connectivity index (χ2v) is 2.15. The summed E-state index contributed by atoms with van der Waals surface area (Å²) in [5.74, 6) is -0.217. The first kappa shape index (κ1) is 8.19. The zero-order chi connectivity index (χ0) is 9.14. The second kappa shape index (κ2) is 3.00. The van der Waals surface area contributed by atoms with Crippen LogP contribution in [0.5, 0.6) is 11.5 Å². The van der Waals surface area contributed by atoms with E-state index in [4.69, 9.17) is 16.6 Å². The number of phenols is 1. The number of phenolic OH excluding ortho intramolecular Hbond substituents is 1. The van der Waals surface area contributed by atoms with Gasteiger partial charge in [0.1, 0.15) is 0 Å². The van der Waals surface area contributed by atoms with E-state index in [0.29, 0.717) is 5.69 Å². The molecule has 0 fully saturated rings. The molecular weight excluding hydrogens is 160 g/mol. The lowest BCUT2D eigenvalue weighted by molar-refractivity contribution is 0.209. The highest BCUT2D eigenvalue weighted by Gasteiger charge is 2.04. The van der Waals surface area contributed by atoms with E-state index in [-0.39, 0.29) is 11.5 Å². The van der Waals surface area contributed by atoms with Gasteiger partial charge in [0.05, 0.1) is 0 Å². The normalized spacial score (nSPS) is 9.33. The monoisotopic (exact) mass is 168 g/mol. The third-order valence-electron chi connectivity index (χ3n) is 1.19. The van der Waals surface area contributed by atoms with E-state index in [1.54, 1.807) is 0 Å². The van der Waals surface area contributed by atoms with Gasteiger partial charge in [0.15, 0.2) is 11.5 Å². The predicted octanol–water partition coefficient (Wildman–Crippen LogP) is 0.432. The molecule has 1 aromatic carbocycles. The third-order valence-corrected chi connectivity index (χ3v) is 1.19. The molecule has 5 N–H and O–H groups in total. The number of carbonyl (C=O) groups is 1. The average molecular weight is 168 g/mol. The molecule has 5 nitrogen and oxygen atoms in total. The number of rotatable bonds is 1. The number of hydrogen-bond donors (Lipinski definition) is 3. The van der Waals surface area contributed by atoms with Gasteiger partial charge in [-0.25, -0.2) is 4.79 Å². The molecule has 64 valence electrons. The fourth-order valence-electron chi connectivity index (χ4n) is 0.729. The number of benzene rings is 1. The Balaban J connectivity index is 2.93. The maximum atomic E-state index is 10.3. The molecule has 0 spiro atoms. The molecule has 0 unspecified atom stereocenters. The van der Waals surface area contributed by atoms with Crippen LogP contribution >= 0.6 is 0 Å². The van der Waals surface area contributed by atoms with Gasteiger partial charge in [-0.2, -0.15) is 0 Å². The minimum atomic E-state index is -0.977. The van der Waals surface area contributed by atoms with Crippen molar-refractivity contribution >= 4 is 11.8 Å². The summed E-state index contributed by atoms with van der Waals surface area (Å²) in [6.07, 6.45) is -0.977. The first-order valence-corrected chi connectivity index (χ1v) is 3.15. The molecule has 0 aliphatic rings. The van der Waals surface area contributed by atoms with Gasteiger partial charge in [0.2, 0.25) is 0 Å². The van der Waals surface area contributed by atoms with Crippen LogP contribution in [-0.2, 0) is 0 Å². The van der Waals surface area contributed by atoms with Crippen LogP contribution in [0.4, 0.5) is 10.5 Å². The van der Waals surface area contributed by atoms with Crippen molar-refractivity contribution in [2.75, 3.05) is 5.73 Å². The van der Waals surface area contributed by atoms with Crippen LogP contribution in [-0.4, -0.2) is 11.2 Å². The van der Waals surface area contributed by atoms with Gasteiger partial charge < -0.3 is 21.3 Å². The van der Waals surface area contributed by atoms with Crippen molar-refractivity contribution in [2.45, 2.75) is 0 Å². The summed E-state index contributed by atoms with van der Waals surface area (Å²) in [6, 6.07) is 4.10. The van der Waals surface area contributed by atoms with E-state index in [1.165, 1.54) is 18.2 Å². The lowest BCUT2D eigenvalue weighted by Crippen LogP contribution is -2.16. The third kappa shape index (κ3) is 1.79. The molecule has 1 aromatic rings. The SMILES string of the molecule is NC(=O)Oc1ccc(N)cc1O. The molecule has 0 heterocycles. The molecule has 0 aliphatic carbocycles. The Hall–Kier alpha value is -1.91. The van der Waals surface area contributed by atoms with Crippen LogP contribution < -0.4 is 16.2 Å². The smallest absolute Gasteiger partial charge is 0.410 e. The Labute approximate surface area is 68.5 Å². The van der Waals surface area contributed by atoms with Gasteiger partial charge in [0.25, 0.3) is 0 Å². The van der Waals surface area contributed by atoms with Crippen LogP contribution in [0.25, 0.3) is 0 Å². The quantitative estimate of drug-likeness (QED) is 0.529. The fraction of sp³-hybridized carbons (Fsp3) is 0. The molecule has 0 saturated carbocycles. The molecule has 0 radical (unpaired) electrons. The largest absolute Gasteiger partial charge is 0.504 e. The molecule has 0 atom stereocenters. The summed E-state index contributed by atoms with van der Waals surface area (Å²) in [6.45, 7) is 0. The minimum Gasteiger partial charge on any atom is -0.504 e. The summed E-state index contributed by atoms with van der Waals surface area (Å²) in [4.78, 5) is 10.3. The second-order valence-electron chi connectivity index (χ2n) is 2.15. The van der Waals surface area contributed by atoms with Gasteiger partial charge >= 0.3 is 6.09 Å². The summed E-state index contributed by atoms with van der Waals surface area (Å²) >= 11 is 0. The van der Waals surface area contributed by atoms with Crippen molar-refractivity contribution in [1.29, 1.82) is 0 Å². The summed E-state index contributed by atoms with van der Waals surface area (Å²) in [5, 5.41) is 9.13. The molecule has 12 heavy (non-hydrogen) atoms. The lowest BCUT2D eigenvalue weighted by atomic mass is 10.3. The standard InChI is InChI=1S/C7H8N2O3/c8-4-1-2-6(5(10)3-4)12-7(9)11/h1-3,10H,8H2,(H2,9,11). The van der Waals surface area contributed by atoms with E-state index < -0.39 is 6.09 Å². The lowest BCUT2D eigenvalue weighted by Gasteiger charge is -2.03. The predicted molar refractivity (Wildman–Crippen MR) is 42.7 cm³/mol. The zero-order valence-corrected chi connectivity index (χ0v) is 6.15. The Bertz CT molecular complexity index is 312. The van der Waals surface area contributed by atoms with Crippen molar-refractivity contribution < 1.29 is 14.6 Å². The molecule has 1 rings (SSSR count). The van der Waals surface area contributed by atoms with Crippen molar-refractivity contribution in [3.05, 3.63) is 18.2 Å². The van der Waals surface area contributed by atoms with Gasteiger partial charge in [-0.1, -0.05) is 0 Å². The van der Waals surface area contributed by atoms with Gasteiger partial charge in [-0.05, 0) is 12.1 Å². The number of anilines is 1. The highest BCUT2D eigenvalue weighted by Crippen LogP contribution is 2.27. The Kier molecular flexibility index (Phi) is 2.05. The van der Waals surface area contributed by atoms with Crippen molar-refractivity contribution in [3.63, 3.8) is 0 Å². The van der Waals surface area contributed by atoms with Crippen molar-refractivity contribution in [1.82, 2.24) is 0 Å². The first-order valence-electron chi connectivity index (χ1n) is 3.15. The van der Waals surface area contributed by atoms with E-state index in [2.05, 4.69) is 4.74 Å². The summed E-state index contributed by atoms with van der Waals surface area (Å²) in [7, 11) is 0. The number of ether oxygens (including phenoxy) is 1.